The van der Waals surface area contributed by atoms with Crippen molar-refractivity contribution >= 4 is 27.9 Å². The van der Waals surface area contributed by atoms with E-state index in [0.29, 0.717) is 17.4 Å². The number of aromatic amines is 1. The summed E-state index contributed by atoms with van der Waals surface area (Å²) in [5, 5.41) is 0.893. The lowest BCUT2D eigenvalue weighted by atomic mass is 9.73. The molecule has 7 heteroatoms. The van der Waals surface area contributed by atoms with Crippen LogP contribution < -0.4 is 0 Å². The van der Waals surface area contributed by atoms with Crippen molar-refractivity contribution in [1.29, 1.82) is 0 Å². The summed E-state index contributed by atoms with van der Waals surface area (Å²) in [7, 11) is 0. The fourth-order valence-corrected chi connectivity index (χ4v) is 5.29. The molecule has 34 heavy (non-hydrogen) atoms. The van der Waals surface area contributed by atoms with Gasteiger partial charge >= 0.3 is 5.97 Å². The van der Waals surface area contributed by atoms with Crippen LogP contribution >= 0.6 is 0 Å². The van der Waals surface area contributed by atoms with Crippen LogP contribution in [0.4, 0.5) is 8.78 Å². The van der Waals surface area contributed by atoms with Crippen molar-refractivity contribution in [2.24, 2.45) is 5.92 Å². The molecule has 0 amide bonds. The van der Waals surface area contributed by atoms with Crippen LogP contribution in [-0.2, 0) is 4.74 Å². The molecule has 2 aromatic carbocycles. The average molecular weight is 464 g/mol. The molecule has 176 valence electrons. The molecule has 1 N–H and O–H groups in total. The number of nitrogens with zero attached hydrogens (tertiary/aromatic N) is 2. The van der Waals surface area contributed by atoms with Crippen molar-refractivity contribution in [2.75, 3.05) is 6.61 Å². The molecule has 1 atom stereocenters. The molecular formula is C27H27F2N3O2. The van der Waals surface area contributed by atoms with Gasteiger partial charge in [-0.3, -0.25) is 4.98 Å². The molecule has 5 rings (SSSR count). The number of hydrogen-bond donors (Lipinski definition) is 1. The van der Waals surface area contributed by atoms with Gasteiger partial charge < -0.3 is 9.72 Å². The minimum Gasteiger partial charge on any atom is -0.462 e. The van der Waals surface area contributed by atoms with E-state index in [4.69, 9.17) is 4.74 Å². The lowest BCUT2D eigenvalue weighted by Crippen LogP contribution is -2.19. The normalized spacial score (nSPS) is 19.4. The number of imidazole rings is 1. The number of fused-ring (bicyclic) bond motifs is 2. The van der Waals surface area contributed by atoms with Crippen LogP contribution in [-0.4, -0.2) is 27.5 Å². The zero-order valence-corrected chi connectivity index (χ0v) is 19.3. The minimum atomic E-state index is -0.679. The van der Waals surface area contributed by atoms with Gasteiger partial charge in [-0.25, -0.2) is 18.6 Å². The second-order valence-corrected chi connectivity index (χ2v) is 9.13. The van der Waals surface area contributed by atoms with E-state index in [0.717, 1.165) is 48.0 Å². The summed E-state index contributed by atoms with van der Waals surface area (Å²) in [5.74, 6) is 0.0326. The van der Waals surface area contributed by atoms with E-state index in [-0.39, 0.29) is 29.4 Å². The Morgan fingerprint density at radius 2 is 1.94 bits per heavy atom. The Hall–Kier alpha value is -3.35. The molecule has 1 aliphatic rings. The molecule has 0 radical (unpaired) electrons. The van der Waals surface area contributed by atoms with E-state index in [1.54, 1.807) is 31.3 Å². The fraction of sp³-hybridized carbons (Fsp3) is 0.370. The Balaban J connectivity index is 1.33. The summed E-state index contributed by atoms with van der Waals surface area (Å²) in [6.45, 7) is 3.99. The van der Waals surface area contributed by atoms with Crippen LogP contribution in [0.3, 0.4) is 0 Å². The zero-order valence-electron chi connectivity index (χ0n) is 19.3. The number of H-pyrrole nitrogens is 1. The molecule has 0 saturated heterocycles. The third-order valence-electron chi connectivity index (χ3n) is 7.19. The van der Waals surface area contributed by atoms with E-state index < -0.39 is 11.8 Å². The highest BCUT2D eigenvalue weighted by Gasteiger charge is 2.30. The lowest BCUT2D eigenvalue weighted by Gasteiger charge is -2.32. The molecule has 4 aromatic rings. The summed E-state index contributed by atoms with van der Waals surface area (Å²) in [5.41, 5.74) is 2.63. The highest BCUT2D eigenvalue weighted by atomic mass is 19.1. The van der Waals surface area contributed by atoms with E-state index in [1.807, 2.05) is 6.07 Å². The first-order valence-corrected chi connectivity index (χ1v) is 11.9. The van der Waals surface area contributed by atoms with Crippen LogP contribution in [0, 0.1) is 17.6 Å². The smallest absolute Gasteiger partial charge is 0.341 e. The minimum absolute atomic E-state index is 0.0958. The predicted molar refractivity (Wildman–Crippen MR) is 127 cm³/mol. The zero-order chi connectivity index (χ0) is 23.8. The highest BCUT2D eigenvalue weighted by molar-refractivity contribution is 5.94. The first kappa shape index (κ1) is 22.4. The van der Waals surface area contributed by atoms with Crippen LogP contribution in [0.1, 0.15) is 73.1 Å². The number of rotatable bonds is 5. The molecule has 1 fully saturated rings. The second-order valence-electron chi connectivity index (χ2n) is 9.13. The van der Waals surface area contributed by atoms with Crippen LogP contribution in [0.15, 0.2) is 42.6 Å². The summed E-state index contributed by atoms with van der Waals surface area (Å²) >= 11 is 0. The number of carbonyl (C=O) groups is 1. The number of esters is 1. The van der Waals surface area contributed by atoms with Crippen molar-refractivity contribution in [3.05, 3.63) is 71.2 Å². The van der Waals surface area contributed by atoms with Crippen LogP contribution in [0.2, 0.25) is 0 Å². The van der Waals surface area contributed by atoms with Gasteiger partial charge in [-0.15, -0.1) is 0 Å². The van der Waals surface area contributed by atoms with Gasteiger partial charge in [0.15, 0.2) is 5.82 Å². The maximum atomic E-state index is 14.9. The van der Waals surface area contributed by atoms with E-state index >= 15 is 0 Å². The van der Waals surface area contributed by atoms with Gasteiger partial charge in [0, 0.05) is 17.5 Å². The van der Waals surface area contributed by atoms with Gasteiger partial charge in [-0.2, -0.15) is 0 Å². The van der Waals surface area contributed by atoms with E-state index in [2.05, 4.69) is 21.9 Å². The summed E-state index contributed by atoms with van der Waals surface area (Å²) < 4.78 is 33.8. The molecule has 0 aliphatic heterocycles. The van der Waals surface area contributed by atoms with E-state index in [1.165, 1.54) is 12.1 Å². The monoisotopic (exact) mass is 463 g/mol. The number of carbonyl (C=O) groups excluding carboxylic acids is 1. The Morgan fingerprint density at radius 1 is 1.15 bits per heavy atom. The molecular weight excluding hydrogens is 436 g/mol. The number of pyridine rings is 1. The molecule has 0 bridgehead atoms. The molecule has 1 aliphatic carbocycles. The van der Waals surface area contributed by atoms with Gasteiger partial charge in [0.1, 0.15) is 17.2 Å². The van der Waals surface area contributed by atoms with Gasteiger partial charge in [0.25, 0.3) is 0 Å². The molecule has 0 spiro atoms. The number of hydrogen-bond acceptors (Lipinski definition) is 4. The highest BCUT2D eigenvalue weighted by Crippen LogP contribution is 2.43. The predicted octanol–water partition coefficient (Wildman–Crippen LogP) is 6.64. The Kier molecular flexibility index (Phi) is 6.02. The Labute approximate surface area is 196 Å². The van der Waals surface area contributed by atoms with Gasteiger partial charge in [0.05, 0.1) is 23.2 Å². The fourth-order valence-electron chi connectivity index (χ4n) is 5.29. The Morgan fingerprint density at radius 3 is 2.71 bits per heavy atom. The first-order chi connectivity index (χ1) is 16.5. The largest absolute Gasteiger partial charge is 0.462 e. The molecule has 1 saturated carbocycles. The third-order valence-corrected chi connectivity index (χ3v) is 7.19. The van der Waals surface area contributed by atoms with Crippen molar-refractivity contribution < 1.29 is 18.3 Å². The number of ether oxygens (including phenoxy) is 1. The van der Waals surface area contributed by atoms with Gasteiger partial charge in [0.2, 0.25) is 0 Å². The SMILES string of the molecule is CCOC(=O)c1ccc2[nH]c(C(C)C3CCC(c4ccnc5ccc(F)cc45)CC3)nc2c1F. The summed E-state index contributed by atoms with van der Waals surface area (Å²) in [6.07, 6.45) is 5.79. The average Bonchev–Trinajstić information content (AvgIpc) is 3.29. The summed E-state index contributed by atoms with van der Waals surface area (Å²) in [4.78, 5) is 24.2. The number of aromatic nitrogens is 3. The lowest BCUT2D eigenvalue weighted by molar-refractivity contribution is 0.0521. The maximum Gasteiger partial charge on any atom is 0.341 e. The van der Waals surface area contributed by atoms with Crippen molar-refractivity contribution in [3.63, 3.8) is 0 Å². The van der Waals surface area contributed by atoms with Crippen LogP contribution in [0.5, 0.6) is 0 Å². The topological polar surface area (TPSA) is 67.9 Å². The van der Waals surface area contributed by atoms with Gasteiger partial charge in [-0.05, 0) is 86.4 Å². The van der Waals surface area contributed by atoms with E-state index in [9.17, 15) is 13.6 Å². The Bertz CT molecular complexity index is 1360. The van der Waals surface area contributed by atoms with Crippen molar-refractivity contribution in [2.45, 2.75) is 51.4 Å². The second kappa shape index (κ2) is 9.12. The number of nitrogens with one attached hydrogen (secondary N) is 1. The van der Waals surface area contributed by atoms with Crippen molar-refractivity contribution in [3.8, 4) is 0 Å². The first-order valence-electron chi connectivity index (χ1n) is 11.9. The number of benzene rings is 2. The molecule has 2 heterocycles. The molecule has 5 nitrogen and oxygen atoms in total. The maximum absolute atomic E-state index is 14.9. The third kappa shape index (κ3) is 4.04. The quantitative estimate of drug-likeness (QED) is 0.337. The summed E-state index contributed by atoms with van der Waals surface area (Å²) in [6, 6.07) is 9.90. The number of halogens is 2. The molecule has 1 unspecified atom stereocenters. The standard InChI is InChI=1S/C27H27F2N3O2/c1-3-34-27(33)20-9-11-23-25(24(20)29)32-26(31-23)15(2)16-4-6-17(7-5-16)19-12-13-30-22-10-8-18(28)14-21(19)22/h8-17H,3-7H2,1-2H3,(H,31,32). The van der Waals surface area contributed by atoms with Crippen molar-refractivity contribution in [1.82, 2.24) is 15.0 Å². The van der Waals surface area contributed by atoms with Gasteiger partial charge in [-0.1, -0.05) is 6.92 Å². The van der Waals surface area contributed by atoms with Crippen LogP contribution in [0.25, 0.3) is 21.9 Å². The molecule has 2 aromatic heterocycles.